The molecule has 0 bridgehead atoms. The average molecular weight is 317 g/mol. The number of rotatable bonds is 4. The first-order valence-electron chi connectivity index (χ1n) is 8.19. The number of ether oxygens (including phenoxy) is 1. The SMILES string of the molecule is [O]N1CCC(NCC(O)C2Cc3cc4occc4cc3O2)CC1. The van der Waals surface area contributed by atoms with Crippen LogP contribution >= 0.6 is 0 Å². The first-order valence-corrected chi connectivity index (χ1v) is 8.19. The van der Waals surface area contributed by atoms with Crippen LogP contribution in [0.5, 0.6) is 5.75 Å². The summed E-state index contributed by atoms with van der Waals surface area (Å²) in [4.78, 5) is 0. The highest BCUT2D eigenvalue weighted by atomic mass is 16.5. The van der Waals surface area contributed by atoms with E-state index in [2.05, 4.69) is 5.32 Å². The monoisotopic (exact) mass is 317 g/mol. The van der Waals surface area contributed by atoms with E-state index in [9.17, 15) is 10.3 Å². The Morgan fingerprint density at radius 3 is 3.00 bits per heavy atom. The number of fused-ring (bicyclic) bond motifs is 2. The van der Waals surface area contributed by atoms with E-state index in [4.69, 9.17) is 9.15 Å². The molecule has 4 rings (SSSR count). The molecule has 0 amide bonds. The molecule has 23 heavy (non-hydrogen) atoms. The van der Waals surface area contributed by atoms with Crippen molar-refractivity contribution < 1.29 is 19.5 Å². The number of aliphatic hydroxyl groups excluding tert-OH is 1. The molecule has 0 spiro atoms. The topological polar surface area (TPSA) is 77.8 Å². The number of aliphatic hydroxyl groups is 1. The minimum Gasteiger partial charge on any atom is -0.487 e. The zero-order chi connectivity index (χ0) is 15.8. The molecule has 2 aliphatic rings. The van der Waals surface area contributed by atoms with Gasteiger partial charge in [-0.2, -0.15) is 5.06 Å². The molecule has 2 aliphatic heterocycles. The van der Waals surface area contributed by atoms with Crippen molar-refractivity contribution in [3.8, 4) is 5.75 Å². The van der Waals surface area contributed by atoms with Crippen LogP contribution in [0.3, 0.4) is 0 Å². The third kappa shape index (κ3) is 3.07. The summed E-state index contributed by atoms with van der Waals surface area (Å²) in [6.07, 6.45) is 3.22. The Labute approximate surface area is 134 Å². The lowest BCUT2D eigenvalue weighted by atomic mass is 10.0. The van der Waals surface area contributed by atoms with Gasteiger partial charge in [0.25, 0.3) is 0 Å². The molecule has 0 aliphatic carbocycles. The lowest BCUT2D eigenvalue weighted by Gasteiger charge is -2.28. The second-order valence-electron chi connectivity index (χ2n) is 6.46. The van der Waals surface area contributed by atoms with Gasteiger partial charge in [-0.25, -0.2) is 0 Å². The molecule has 6 heteroatoms. The summed E-state index contributed by atoms with van der Waals surface area (Å²) in [5, 5.41) is 27.1. The second kappa shape index (κ2) is 6.13. The summed E-state index contributed by atoms with van der Waals surface area (Å²) >= 11 is 0. The summed E-state index contributed by atoms with van der Waals surface area (Å²) in [6.45, 7) is 1.62. The van der Waals surface area contributed by atoms with Gasteiger partial charge in [0.2, 0.25) is 0 Å². The van der Waals surface area contributed by atoms with Crippen LogP contribution in [0.2, 0.25) is 0 Å². The van der Waals surface area contributed by atoms with Crippen molar-refractivity contribution in [3.05, 3.63) is 30.0 Å². The van der Waals surface area contributed by atoms with Crippen molar-refractivity contribution >= 4 is 11.0 Å². The normalized spacial score (nSPS) is 23.8. The fraction of sp³-hybridized carbons (Fsp3) is 0.529. The van der Waals surface area contributed by atoms with Crippen molar-refractivity contribution in [2.75, 3.05) is 19.6 Å². The molecule has 2 unspecified atom stereocenters. The third-order valence-corrected chi connectivity index (χ3v) is 4.83. The van der Waals surface area contributed by atoms with Gasteiger partial charge >= 0.3 is 0 Å². The lowest BCUT2D eigenvalue weighted by Crippen LogP contribution is -2.46. The Hall–Kier alpha value is -1.60. The largest absolute Gasteiger partial charge is 0.487 e. The van der Waals surface area contributed by atoms with Crippen molar-refractivity contribution in [2.45, 2.75) is 37.5 Å². The number of hydrogen-bond donors (Lipinski definition) is 2. The van der Waals surface area contributed by atoms with E-state index in [0.717, 1.165) is 40.2 Å². The minimum absolute atomic E-state index is 0.233. The average Bonchev–Trinajstić information content (AvgIpc) is 3.17. The zero-order valence-corrected chi connectivity index (χ0v) is 12.9. The fourth-order valence-corrected chi connectivity index (χ4v) is 3.41. The van der Waals surface area contributed by atoms with Gasteiger partial charge in [0.1, 0.15) is 23.5 Å². The molecule has 2 atom stereocenters. The second-order valence-corrected chi connectivity index (χ2v) is 6.46. The van der Waals surface area contributed by atoms with Gasteiger partial charge in [-0.3, -0.25) is 0 Å². The zero-order valence-electron chi connectivity index (χ0n) is 12.9. The Kier molecular flexibility index (Phi) is 3.98. The van der Waals surface area contributed by atoms with Crippen molar-refractivity contribution in [3.63, 3.8) is 0 Å². The Morgan fingerprint density at radius 2 is 2.17 bits per heavy atom. The number of piperidine rings is 1. The molecule has 0 saturated carbocycles. The van der Waals surface area contributed by atoms with Crippen LogP contribution in [-0.4, -0.2) is 48.1 Å². The van der Waals surface area contributed by atoms with Gasteiger partial charge in [0, 0.05) is 43.0 Å². The summed E-state index contributed by atoms with van der Waals surface area (Å²) < 4.78 is 11.3. The highest BCUT2D eigenvalue weighted by Gasteiger charge is 2.30. The number of hydroxylamine groups is 2. The highest BCUT2D eigenvalue weighted by molar-refractivity contribution is 5.80. The molecule has 3 heterocycles. The number of furan rings is 1. The molecule has 6 nitrogen and oxygen atoms in total. The molecular formula is C17H21N2O4. The first-order chi connectivity index (χ1) is 11.2. The number of nitrogens with one attached hydrogen (secondary N) is 1. The molecule has 1 aromatic heterocycles. The maximum atomic E-state index is 11.2. The van der Waals surface area contributed by atoms with Crippen molar-refractivity contribution in [2.24, 2.45) is 0 Å². The van der Waals surface area contributed by atoms with Crippen molar-refractivity contribution in [1.82, 2.24) is 10.4 Å². The number of benzene rings is 1. The van der Waals surface area contributed by atoms with Gasteiger partial charge < -0.3 is 19.6 Å². The Bertz CT molecular complexity index is 638. The van der Waals surface area contributed by atoms with Gasteiger partial charge in [0.15, 0.2) is 0 Å². The summed E-state index contributed by atoms with van der Waals surface area (Å²) in [6, 6.07) is 6.18. The summed E-state index contributed by atoms with van der Waals surface area (Å²) in [7, 11) is 0. The molecule has 1 fully saturated rings. The molecule has 1 saturated heterocycles. The fourth-order valence-electron chi connectivity index (χ4n) is 3.41. The quantitative estimate of drug-likeness (QED) is 0.893. The van der Waals surface area contributed by atoms with Crippen molar-refractivity contribution in [1.29, 1.82) is 0 Å². The smallest absolute Gasteiger partial charge is 0.134 e. The van der Waals surface area contributed by atoms with Crippen LogP contribution in [0.15, 0.2) is 28.9 Å². The van der Waals surface area contributed by atoms with Crippen LogP contribution in [0.1, 0.15) is 18.4 Å². The van der Waals surface area contributed by atoms with E-state index < -0.39 is 6.10 Å². The summed E-state index contributed by atoms with van der Waals surface area (Å²) in [5.41, 5.74) is 1.93. The van der Waals surface area contributed by atoms with E-state index in [0.29, 0.717) is 32.1 Å². The standard InChI is InChI=1S/C17H21N2O4/c20-14(10-18-13-1-4-19(21)5-2-13)17-9-12-8-15-11(3-6-22-15)7-16(12)23-17/h3,6-8,13-14,17-18,20H,1-2,4-5,9-10H2. The minimum atomic E-state index is -0.570. The van der Waals surface area contributed by atoms with Gasteiger partial charge in [-0.05, 0) is 31.0 Å². The Morgan fingerprint density at radius 1 is 1.35 bits per heavy atom. The number of hydrogen-bond acceptors (Lipinski definition) is 5. The van der Waals surface area contributed by atoms with E-state index in [1.54, 1.807) is 6.26 Å². The lowest BCUT2D eigenvalue weighted by molar-refractivity contribution is -0.169. The van der Waals surface area contributed by atoms with Gasteiger partial charge in [-0.1, -0.05) is 0 Å². The number of nitrogens with zero attached hydrogens (tertiary/aromatic N) is 1. The maximum absolute atomic E-state index is 11.2. The first kappa shape index (κ1) is 15.0. The summed E-state index contributed by atoms with van der Waals surface area (Å²) in [5.74, 6) is 0.836. The molecular weight excluding hydrogens is 296 g/mol. The molecule has 1 aromatic carbocycles. The molecule has 2 N–H and O–H groups in total. The van der Waals surface area contributed by atoms with Crippen LogP contribution < -0.4 is 10.1 Å². The molecule has 123 valence electrons. The van der Waals surface area contributed by atoms with E-state index in [1.165, 1.54) is 0 Å². The molecule has 2 aromatic rings. The molecule has 1 radical (unpaired) electrons. The third-order valence-electron chi connectivity index (χ3n) is 4.83. The van der Waals surface area contributed by atoms with Crippen LogP contribution in [0.25, 0.3) is 11.0 Å². The van der Waals surface area contributed by atoms with E-state index >= 15 is 0 Å². The Balaban J connectivity index is 1.34. The predicted octanol–water partition coefficient (Wildman–Crippen LogP) is 1.50. The van der Waals surface area contributed by atoms with Gasteiger partial charge in [-0.15, -0.1) is 5.21 Å². The predicted molar refractivity (Wildman–Crippen MR) is 83.6 cm³/mol. The van der Waals surface area contributed by atoms with E-state index in [1.807, 2.05) is 18.2 Å². The van der Waals surface area contributed by atoms with Crippen LogP contribution in [0, 0.1) is 0 Å². The van der Waals surface area contributed by atoms with Gasteiger partial charge in [0.05, 0.1) is 6.26 Å². The van der Waals surface area contributed by atoms with E-state index in [-0.39, 0.29) is 6.10 Å². The maximum Gasteiger partial charge on any atom is 0.134 e. The van der Waals surface area contributed by atoms with Crippen LogP contribution in [0.4, 0.5) is 0 Å². The highest BCUT2D eigenvalue weighted by Crippen LogP contribution is 2.34. The van der Waals surface area contributed by atoms with Crippen LogP contribution in [-0.2, 0) is 11.6 Å².